The maximum Gasteiger partial charge on any atom is 0.0652 e. The monoisotopic (exact) mass is 608 g/mol. The molecule has 0 saturated carbocycles. The third-order valence-corrected chi connectivity index (χ3v) is 8.45. The molecule has 0 atom stereocenters. The Kier molecular flexibility index (Phi) is 2.12. The van der Waals surface area contributed by atoms with Gasteiger partial charge < -0.3 is 13.5 Å². The van der Waals surface area contributed by atoms with Gasteiger partial charge in [-0.05, 0) is 72.9 Å². The van der Waals surface area contributed by atoms with Crippen molar-refractivity contribution in [2.75, 3.05) is 0 Å². The molecule has 7 aromatic carbocycles. The second-order valence-electron chi connectivity index (χ2n) is 10.8. The van der Waals surface area contributed by atoms with E-state index in [2.05, 4.69) is 0 Å². The molecule has 3 heteroatoms. The van der Waals surface area contributed by atoms with Crippen LogP contribution in [0.4, 0.5) is 0 Å². The molecular weight excluding hydrogens is 558 g/mol. The third kappa shape index (κ3) is 2.93. The Hall–Kier alpha value is -6.06. The molecule has 11 rings (SSSR count). The molecule has 46 heavy (non-hydrogen) atoms. The summed E-state index contributed by atoms with van der Waals surface area (Å²) in [7, 11) is 0. The summed E-state index contributed by atoms with van der Waals surface area (Å²) in [5.74, 6) is 0. The number of rotatable bonds is 2. The Labute approximate surface area is 296 Å². The largest absolute Gasteiger partial charge is 0.309 e. The number of hydrogen-bond donors (Lipinski definition) is 0. The number of benzene rings is 7. The summed E-state index contributed by atoms with van der Waals surface area (Å²) in [5.41, 5.74) is -3.65. The lowest BCUT2D eigenvalue weighted by Gasteiger charge is -2.10. The molecule has 0 aliphatic heterocycles. The number of hydrogen-bond acceptors (Lipinski definition) is 0. The maximum absolute atomic E-state index is 10.0. The topological polar surface area (TPSA) is 14.3 Å². The van der Waals surface area contributed by atoms with Crippen molar-refractivity contribution in [3.05, 3.63) is 151 Å². The summed E-state index contributed by atoms with van der Waals surface area (Å²) < 4.78 is 213. The smallest absolute Gasteiger partial charge is 0.0652 e. The van der Waals surface area contributed by atoms with Gasteiger partial charge in [-0.2, -0.15) is 0 Å². The number of aromatic nitrogens is 3. The molecule has 0 spiro atoms. The standard InChI is InChI=1S/C43H27N3/c1-26-11-10-12-27(23-26)44-37-19-8-4-15-31(37)41-39(44)21-22-40-42(41)32-16-5-9-20-38(32)45(40)28-24-33-29-13-2-6-17-35(29)46-36-18-7-3-14-30(36)34(25-28)43(33)46/h2-25H,1H3/i2D,4D,5D,6D,7D,8D,9D,10D,11D,12D,13D,14D,15D,16D,17D,18D,19D,20D,21D,22D,23D,24D,25D. The van der Waals surface area contributed by atoms with Crippen LogP contribution in [0.5, 0.6) is 0 Å². The van der Waals surface area contributed by atoms with Gasteiger partial charge in [-0.25, -0.2) is 0 Å². The first-order chi connectivity index (χ1) is 32.3. The summed E-state index contributed by atoms with van der Waals surface area (Å²) >= 11 is 0. The molecular formula is C43H27N3. The summed E-state index contributed by atoms with van der Waals surface area (Å²) in [6.07, 6.45) is 0. The molecule has 4 aromatic heterocycles. The molecule has 214 valence electrons. The van der Waals surface area contributed by atoms with Crippen molar-refractivity contribution in [2.45, 2.75) is 6.92 Å². The van der Waals surface area contributed by atoms with E-state index in [9.17, 15) is 11.0 Å². The SMILES string of the molecule is [2H]c1cc([2H])c2c3c([2H])c(-n4c5c([2H])c([2H])c([2H])c([2H])c5c5c6c7c([2H])c([2H])c([2H])c([2H])c7n(-c7c([2H])c([2H])c([2H])c(C)c7[2H])c6c([2H])c([2H])c54)c([2H])c4c5c([2H])c([2H])c([2H])c([2H])c5n(c2c1[2H])c34. The second-order valence-corrected chi connectivity index (χ2v) is 10.8. The van der Waals surface area contributed by atoms with Gasteiger partial charge in [0.15, 0.2) is 0 Å². The fraction of sp³-hybridized carbons (Fsp3) is 0.0233. The van der Waals surface area contributed by atoms with Gasteiger partial charge >= 0.3 is 0 Å². The number of nitrogens with zero attached hydrogens (tertiary/aromatic N) is 3. The van der Waals surface area contributed by atoms with Gasteiger partial charge in [-0.15, -0.1) is 0 Å². The van der Waals surface area contributed by atoms with E-state index in [-0.39, 0.29) is 54.4 Å². The predicted octanol–water partition coefficient (Wildman–Crippen LogP) is 11.3. The molecule has 0 aliphatic carbocycles. The molecule has 0 bridgehead atoms. The zero-order chi connectivity index (χ0) is 50.1. The molecule has 0 saturated heterocycles. The van der Waals surface area contributed by atoms with Crippen molar-refractivity contribution < 1.29 is 31.5 Å². The fourth-order valence-electron chi connectivity index (χ4n) is 6.72. The van der Waals surface area contributed by atoms with Crippen molar-refractivity contribution in [3.8, 4) is 11.4 Å². The summed E-state index contributed by atoms with van der Waals surface area (Å²) in [6, 6.07) is -14.7. The lowest BCUT2D eigenvalue weighted by Crippen LogP contribution is -1.95. The lowest BCUT2D eigenvalue weighted by atomic mass is 10.1. The Morgan fingerprint density at radius 2 is 0.957 bits per heavy atom. The van der Waals surface area contributed by atoms with Gasteiger partial charge in [-0.1, -0.05) is 84.6 Å². The van der Waals surface area contributed by atoms with E-state index in [1.807, 2.05) is 0 Å². The van der Waals surface area contributed by atoms with Crippen LogP contribution in [0.2, 0.25) is 0 Å². The Morgan fingerprint density at radius 3 is 1.63 bits per heavy atom. The highest BCUT2D eigenvalue weighted by Gasteiger charge is 2.23. The van der Waals surface area contributed by atoms with E-state index in [4.69, 9.17) is 20.6 Å². The first-order valence-corrected chi connectivity index (χ1v) is 14.1. The van der Waals surface area contributed by atoms with Gasteiger partial charge in [0.2, 0.25) is 0 Å². The van der Waals surface area contributed by atoms with Crippen LogP contribution in [0.1, 0.15) is 37.1 Å². The van der Waals surface area contributed by atoms with Crippen molar-refractivity contribution >= 4 is 81.7 Å². The van der Waals surface area contributed by atoms with Crippen LogP contribution in [0.25, 0.3) is 93.1 Å². The van der Waals surface area contributed by atoms with Crippen LogP contribution in [0, 0.1) is 6.92 Å². The van der Waals surface area contributed by atoms with Crippen LogP contribution >= 0.6 is 0 Å². The Bertz CT molecular complexity index is 4320. The first kappa shape index (κ1) is 11.4. The van der Waals surface area contributed by atoms with E-state index in [1.54, 1.807) is 0 Å². The van der Waals surface area contributed by atoms with Gasteiger partial charge in [0, 0.05) is 54.5 Å². The highest BCUT2D eigenvalue weighted by atomic mass is 15.0. The summed E-state index contributed by atoms with van der Waals surface area (Å²) in [4.78, 5) is 0. The highest BCUT2D eigenvalue weighted by Crippen LogP contribution is 2.45. The second kappa shape index (κ2) is 8.56. The van der Waals surface area contributed by atoms with E-state index in [0.29, 0.717) is 0 Å². The average molecular weight is 609 g/mol. The van der Waals surface area contributed by atoms with Crippen molar-refractivity contribution in [2.24, 2.45) is 0 Å². The molecule has 4 heterocycles. The molecule has 0 unspecified atom stereocenters. The van der Waals surface area contributed by atoms with E-state index in [1.165, 1.54) is 11.3 Å². The zero-order valence-corrected chi connectivity index (χ0v) is 23.4. The first-order valence-electron chi connectivity index (χ1n) is 25.6. The minimum absolute atomic E-state index is 0.102. The van der Waals surface area contributed by atoms with E-state index < -0.39 is 183 Å². The molecule has 3 nitrogen and oxygen atoms in total. The lowest BCUT2D eigenvalue weighted by molar-refractivity contribution is 1.17. The van der Waals surface area contributed by atoms with Crippen LogP contribution in [0.3, 0.4) is 0 Å². The zero-order valence-electron chi connectivity index (χ0n) is 46.4. The maximum atomic E-state index is 10.0. The number of fused-ring (bicyclic) bond motifs is 13. The van der Waals surface area contributed by atoms with Crippen LogP contribution in [-0.2, 0) is 0 Å². The summed E-state index contributed by atoms with van der Waals surface area (Å²) in [5, 5.41) is -2.40. The quantitative estimate of drug-likeness (QED) is 0.185. The molecule has 0 N–H and O–H groups in total. The Balaban J connectivity index is 1.51. The molecule has 0 radical (unpaired) electrons. The minimum atomic E-state index is -0.837. The predicted molar refractivity (Wildman–Crippen MR) is 195 cm³/mol. The van der Waals surface area contributed by atoms with E-state index >= 15 is 0 Å². The van der Waals surface area contributed by atoms with Gasteiger partial charge in [0.05, 0.1) is 70.1 Å². The fourth-order valence-corrected chi connectivity index (χ4v) is 6.72. The van der Waals surface area contributed by atoms with Crippen LogP contribution in [0.15, 0.2) is 145 Å². The van der Waals surface area contributed by atoms with Gasteiger partial charge in [0.25, 0.3) is 0 Å². The number of para-hydroxylation sites is 4. The van der Waals surface area contributed by atoms with E-state index in [0.717, 1.165) is 15.2 Å². The molecule has 0 aliphatic rings. The molecule has 0 fully saturated rings. The van der Waals surface area contributed by atoms with Crippen molar-refractivity contribution in [3.63, 3.8) is 0 Å². The summed E-state index contributed by atoms with van der Waals surface area (Å²) in [6.45, 7) is 1.33. The molecule has 11 aromatic rings. The van der Waals surface area contributed by atoms with Crippen LogP contribution in [-0.4, -0.2) is 13.5 Å². The van der Waals surface area contributed by atoms with Gasteiger partial charge in [0.1, 0.15) is 0 Å². The highest BCUT2D eigenvalue weighted by molar-refractivity contribution is 6.29. The minimum Gasteiger partial charge on any atom is -0.309 e. The van der Waals surface area contributed by atoms with Crippen LogP contribution < -0.4 is 0 Å². The Morgan fingerprint density at radius 1 is 0.413 bits per heavy atom. The van der Waals surface area contributed by atoms with Crippen molar-refractivity contribution in [1.29, 1.82) is 0 Å². The van der Waals surface area contributed by atoms with Crippen molar-refractivity contribution in [1.82, 2.24) is 13.5 Å². The average Bonchev–Trinajstić information content (AvgIpc) is 4.06. The third-order valence-electron chi connectivity index (χ3n) is 8.45. The van der Waals surface area contributed by atoms with Gasteiger partial charge in [-0.3, -0.25) is 0 Å². The molecule has 0 amide bonds. The normalized spacial score (nSPS) is 19.5.